The maximum Gasteiger partial charge on any atom is 0.0526 e. The minimum Gasteiger partial charge on any atom is -0.377 e. The standard InChI is InChI=1S/C24H30N2.C4H10/c1-14(18(5)25)12-21-15(2)16(3)22-13-19-10-8-9-11-20(19)24(26(6)7)23(22)17(21)4;1-3-4-2/h8-11,13-14,18H,3-4,12,25H2,1-2,5-7H3;3-4H2,1-2H3. The van der Waals surface area contributed by atoms with Gasteiger partial charge < -0.3 is 10.6 Å². The van der Waals surface area contributed by atoms with E-state index in [0.717, 1.165) is 16.9 Å². The van der Waals surface area contributed by atoms with Gasteiger partial charge in [-0.05, 0) is 64.6 Å². The van der Waals surface area contributed by atoms with E-state index in [2.05, 4.69) is 97.1 Å². The monoisotopic (exact) mass is 404 g/mol. The number of rotatable bonds is 5. The van der Waals surface area contributed by atoms with Crippen molar-refractivity contribution in [1.82, 2.24) is 0 Å². The molecular weight excluding hydrogens is 364 g/mol. The van der Waals surface area contributed by atoms with Gasteiger partial charge in [0.05, 0.1) is 5.69 Å². The average Bonchev–Trinajstić information content (AvgIpc) is 2.73. The van der Waals surface area contributed by atoms with Crippen LogP contribution in [0.4, 0.5) is 5.69 Å². The molecule has 2 atom stereocenters. The molecule has 162 valence electrons. The van der Waals surface area contributed by atoms with Gasteiger partial charge >= 0.3 is 0 Å². The van der Waals surface area contributed by atoms with Crippen molar-refractivity contribution < 1.29 is 0 Å². The van der Waals surface area contributed by atoms with Crippen molar-refractivity contribution in [3.63, 3.8) is 0 Å². The quantitative estimate of drug-likeness (QED) is 0.567. The van der Waals surface area contributed by atoms with Gasteiger partial charge in [0.1, 0.15) is 0 Å². The van der Waals surface area contributed by atoms with E-state index < -0.39 is 0 Å². The first-order valence-electron chi connectivity index (χ1n) is 11.2. The van der Waals surface area contributed by atoms with Gasteiger partial charge in [-0.25, -0.2) is 0 Å². The fraction of sp³-hybridized carbons (Fsp3) is 0.429. The van der Waals surface area contributed by atoms with Gasteiger partial charge in [0, 0.05) is 30.9 Å². The lowest BCUT2D eigenvalue weighted by Gasteiger charge is -2.23. The van der Waals surface area contributed by atoms with E-state index in [0.29, 0.717) is 5.92 Å². The molecule has 0 saturated carbocycles. The molecule has 2 heteroatoms. The van der Waals surface area contributed by atoms with E-state index in [9.17, 15) is 0 Å². The normalized spacial score (nSPS) is 13.1. The summed E-state index contributed by atoms with van der Waals surface area (Å²) in [5, 5.41) is 7.14. The van der Waals surface area contributed by atoms with Gasteiger partial charge in [0.15, 0.2) is 0 Å². The van der Waals surface area contributed by atoms with Crippen LogP contribution in [0.5, 0.6) is 0 Å². The highest BCUT2D eigenvalue weighted by molar-refractivity contribution is 6.11. The third-order valence-corrected chi connectivity index (χ3v) is 6.29. The van der Waals surface area contributed by atoms with E-state index in [1.165, 1.54) is 51.2 Å². The molecule has 0 bridgehead atoms. The summed E-state index contributed by atoms with van der Waals surface area (Å²) in [6.45, 7) is 19.8. The van der Waals surface area contributed by atoms with E-state index in [4.69, 9.17) is 5.73 Å². The Hall–Kier alpha value is -2.32. The van der Waals surface area contributed by atoms with Gasteiger partial charge in [0.2, 0.25) is 0 Å². The first-order chi connectivity index (χ1) is 14.1. The molecule has 0 radical (unpaired) electrons. The number of nitrogens with two attached hydrogens (primary N) is 1. The van der Waals surface area contributed by atoms with Crippen LogP contribution in [0.2, 0.25) is 0 Å². The molecule has 0 heterocycles. The minimum absolute atomic E-state index is 0.155. The molecule has 0 aromatic heterocycles. The van der Waals surface area contributed by atoms with E-state index in [1.54, 1.807) is 0 Å². The molecular formula is C28H40N2. The van der Waals surface area contributed by atoms with Crippen LogP contribution >= 0.6 is 0 Å². The summed E-state index contributed by atoms with van der Waals surface area (Å²) in [5.74, 6) is 0.398. The Balaban J connectivity index is 0.000000735. The second kappa shape index (κ2) is 10.1. The Morgan fingerprint density at radius 3 is 2.10 bits per heavy atom. The van der Waals surface area contributed by atoms with Crippen molar-refractivity contribution in [2.24, 2.45) is 11.7 Å². The number of fused-ring (bicyclic) bond motifs is 2. The predicted octanol–water partition coefficient (Wildman–Crippen LogP) is 5.52. The number of unbranched alkanes of at least 4 members (excludes halogenated alkanes) is 1. The number of hydrogen-bond acceptors (Lipinski definition) is 2. The summed E-state index contributed by atoms with van der Waals surface area (Å²) in [6.07, 6.45) is 3.57. The number of benzene rings is 3. The summed E-state index contributed by atoms with van der Waals surface area (Å²) in [6, 6.07) is 11.0. The minimum atomic E-state index is 0.155. The second-order valence-electron chi connectivity index (χ2n) is 8.86. The largest absolute Gasteiger partial charge is 0.377 e. The van der Waals surface area contributed by atoms with Crippen LogP contribution < -0.4 is 21.1 Å². The van der Waals surface area contributed by atoms with E-state index >= 15 is 0 Å². The third kappa shape index (κ3) is 4.70. The molecule has 0 aliphatic heterocycles. The van der Waals surface area contributed by atoms with Crippen molar-refractivity contribution in [3.8, 4) is 0 Å². The summed E-state index contributed by atoms with van der Waals surface area (Å²) in [4.78, 5) is 2.20. The molecule has 0 saturated heterocycles. The van der Waals surface area contributed by atoms with Crippen LogP contribution in [0, 0.1) is 12.8 Å². The maximum absolute atomic E-state index is 6.14. The molecule has 0 aliphatic carbocycles. The highest BCUT2D eigenvalue weighted by atomic mass is 15.1. The fourth-order valence-electron chi connectivity index (χ4n) is 3.88. The molecule has 3 aromatic carbocycles. The lowest BCUT2D eigenvalue weighted by Crippen LogP contribution is -2.30. The van der Waals surface area contributed by atoms with Crippen molar-refractivity contribution in [3.05, 3.63) is 51.9 Å². The predicted molar refractivity (Wildman–Crippen MR) is 138 cm³/mol. The molecule has 2 unspecified atom stereocenters. The van der Waals surface area contributed by atoms with Crippen molar-refractivity contribution in [2.75, 3.05) is 19.0 Å². The SMILES string of the molecule is C=c1c(C)c(CC(C)C(C)N)c(=C)c2c(N(C)C)c3ccccc3cc12.CCCC. The van der Waals surface area contributed by atoms with Crippen LogP contribution in [0.1, 0.15) is 51.7 Å². The molecule has 0 spiro atoms. The molecule has 2 nitrogen and oxygen atoms in total. The molecule has 3 aromatic rings. The maximum atomic E-state index is 6.14. The first kappa shape index (κ1) is 24.0. The number of nitrogens with zero attached hydrogens (tertiary/aromatic N) is 1. The zero-order chi connectivity index (χ0) is 22.6. The Bertz CT molecular complexity index is 1110. The van der Waals surface area contributed by atoms with Gasteiger partial charge in [-0.1, -0.05) is 71.0 Å². The Morgan fingerprint density at radius 1 is 0.967 bits per heavy atom. The third-order valence-electron chi connectivity index (χ3n) is 6.29. The van der Waals surface area contributed by atoms with Gasteiger partial charge in [-0.15, -0.1) is 0 Å². The topological polar surface area (TPSA) is 29.3 Å². The second-order valence-corrected chi connectivity index (χ2v) is 8.86. The van der Waals surface area contributed by atoms with Crippen molar-refractivity contribution in [1.29, 1.82) is 0 Å². The Kier molecular flexibility index (Phi) is 8.09. The van der Waals surface area contributed by atoms with E-state index in [-0.39, 0.29) is 6.04 Å². The van der Waals surface area contributed by atoms with Gasteiger partial charge in [0.25, 0.3) is 0 Å². The lowest BCUT2D eigenvalue weighted by atomic mass is 9.87. The molecule has 3 rings (SSSR count). The molecule has 2 N–H and O–H groups in total. The lowest BCUT2D eigenvalue weighted by molar-refractivity contribution is 0.480. The summed E-state index contributed by atoms with van der Waals surface area (Å²) < 4.78 is 0. The molecule has 0 amide bonds. The summed E-state index contributed by atoms with van der Waals surface area (Å²) in [5.41, 5.74) is 9.91. The van der Waals surface area contributed by atoms with E-state index in [1.807, 2.05) is 0 Å². The smallest absolute Gasteiger partial charge is 0.0526 e. The van der Waals surface area contributed by atoms with Crippen molar-refractivity contribution >= 4 is 40.4 Å². The highest BCUT2D eigenvalue weighted by Gasteiger charge is 2.17. The average molecular weight is 405 g/mol. The zero-order valence-corrected chi connectivity index (χ0v) is 20.1. The zero-order valence-electron chi connectivity index (χ0n) is 20.1. The Morgan fingerprint density at radius 2 is 1.57 bits per heavy atom. The van der Waals surface area contributed by atoms with Crippen molar-refractivity contribution in [2.45, 2.75) is 59.9 Å². The fourth-order valence-corrected chi connectivity index (χ4v) is 3.88. The Labute approximate surface area is 183 Å². The summed E-state index contributed by atoms with van der Waals surface area (Å²) >= 11 is 0. The van der Waals surface area contributed by atoms with Gasteiger partial charge in [-0.3, -0.25) is 0 Å². The van der Waals surface area contributed by atoms with Crippen LogP contribution in [-0.4, -0.2) is 20.1 Å². The molecule has 30 heavy (non-hydrogen) atoms. The van der Waals surface area contributed by atoms with Crippen LogP contribution in [0.3, 0.4) is 0 Å². The van der Waals surface area contributed by atoms with Crippen LogP contribution in [0.25, 0.3) is 34.7 Å². The van der Waals surface area contributed by atoms with Crippen LogP contribution in [0.15, 0.2) is 30.3 Å². The van der Waals surface area contributed by atoms with Crippen LogP contribution in [-0.2, 0) is 6.42 Å². The van der Waals surface area contributed by atoms with Gasteiger partial charge in [-0.2, -0.15) is 0 Å². The summed E-state index contributed by atoms with van der Waals surface area (Å²) in [7, 11) is 4.21. The first-order valence-corrected chi connectivity index (χ1v) is 11.2. The highest BCUT2D eigenvalue weighted by Crippen LogP contribution is 2.32. The number of hydrogen-bond donors (Lipinski definition) is 1. The molecule has 0 aliphatic rings. The number of anilines is 1. The molecule has 0 fully saturated rings.